The summed E-state index contributed by atoms with van der Waals surface area (Å²) in [5.74, 6) is 1.04. The van der Waals surface area contributed by atoms with Crippen LogP contribution in [0.15, 0.2) is 5.16 Å². The van der Waals surface area contributed by atoms with Crippen molar-refractivity contribution in [1.82, 2.24) is 5.32 Å². The van der Waals surface area contributed by atoms with Crippen molar-refractivity contribution in [2.75, 3.05) is 13.1 Å². The lowest BCUT2D eigenvalue weighted by Crippen LogP contribution is -2.43. The maximum atomic E-state index is 10.3. The molecule has 0 amide bonds. The van der Waals surface area contributed by atoms with Crippen molar-refractivity contribution in [1.29, 1.82) is 0 Å². The molecular weight excluding hydrogens is 230 g/mol. The second kappa shape index (κ2) is 7.59. The molecule has 0 aromatic rings. The molecule has 1 aliphatic carbocycles. The lowest BCUT2D eigenvalue weighted by atomic mass is 9.79. The Morgan fingerprint density at radius 2 is 2.06 bits per heavy atom. The number of rotatable bonds is 7. The highest BCUT2D eigenvalue weighted by molar-refractivity contribution is 5.79. The van der Waals surface area contributed by atoms with Crippen LogP contribution in [0.3, 0.4) is 0 Å². The SMILES string of the molecule is CC1CCC(O)(CNCCCCC(N)=NO)CC1. The van der Waals surface area contributed by atoms with Crippen LogP contribution in [0.4, 0.5) is 0 Å². The molecular formula is C13H27N3O2. The van der Waals surface area contributed by atoms with Crippen molar-refractivity contribution < 1.29 is 10.3 Å². The van der Waals surface area contributed by atoms with Gasteiger partial charge in [0.1, 0.15) is 5.84 Å². The quantitative estimate of drug-likeness (QED) is 0.183. The van der Waals surface area contributed by atoms with Gasteiger partial charge in [0.2, 0.25) is 0 Å². The molecule has 106 valence electrons. The first-order chi connectivity index (χ1) is 8.56. The smallest absolute Gasteiger partial charge is 0.139 e. The molecule has 0 radical (unpaired) electrons. The molecule has 0 atom stereocenters. The van der Waals surface area contributed by atoms with E-state index in [9.17, 15) is 5.11 Å². The fourth-order valence-corrected chi connectivity index (χ4v) is 2.40. The first-order valence-corrected chi connectivity index (χ1v) is 6.95. The number of hydrogen-bond donors (Lipinski definition) is 4. The summed E-state index contributed by atoms with van der Waals surface area (Å²) >= 11 is 0. The minimum absolute atomic E-state index is 0.287. The summed E-state index contributed by atoms with van der Waals surface area (Å²) < 4.78 is 0. The summed E-state index contributed by atoms with van der Waals surface area (Å²) in [4.78, 5) is 0. The van der Waals surface area contributed by atoms with Gasteiger partial charge in [-0.1, -0.05) is 12.1 Å². The van der Waals surface area contributed by atoms with Crippen LogP contribution in [0, 0.1) is 5.92 Å². The van der Waals surface area contributed by atoms with E-state index in [-0.39, 0.29) is 5.84 Å². The first-order valence-electron chi connectivity index (χ1n) is 6.95. The van der Waals surface area contributed by atoms with E-state index in [4.69, 9.17) is 10.9 Å². The molecule has 0 unspecified atom stereocenters. The molecule has 1 fully saturated rings. The van der Waals surface area contributed by atoms with Crippen LogP contribution in [-0.4, -0.2) is 34.8 Å². The van der Waals surface area contributed by atoms with Gasteiger partial charge in [-0.15, -0.1) is 0 Å². The van der Waals surface area contributed by atoms with Gasteiger partial charge in [-0.05, 0) is 51.0 Å². The van der Waals surface area contributed by atoms with E-state index in [0.29, 0.717) is 13.0 Å². The van der Waals surface area contributed by atoms with Crippen LogP contribution < -0.4 is 11.1 Å². The molecule has 0 aliphatic heterocycles. The van der Waals surface area contributed by atoms with Gasteiger partial charge in [-0.2, -0.15) is 0 Å². The predicted octanol–water partition coefficient (Wildman–Crippen LogP) is 1.43. The van der Waals surface area contributed by atoms with Crippen LogP contribution >= 0.6 is 0 Å². The molecule has 1 rings (SSSR count). The van der Waals surface area contributed by atoms with Crippen LogP contribution in [0.5, 0.6) is 0 Å². The molecule has 0 aromatic carbocycles. The Hall–Kier alpha value is -0.810. The van der Waals surface area contributed by atoms with Gasteiger partial charge in [0.25, 0.3) is 0 Å². The zero-order valence-corrected chi connectivity index (χ0v) is 11.4. The average molecular weight is 257 g/mol. The number of unbranched alkanes of at least 4 members (excludes halogenated alkanes) is 1. The molecule has 1 aliphatic rings. The molecule has 5 nitrogen and oxygen atoms in total. The lowest BCUT2D eigenvalue weighted by Gasteiger charge is -2.35. The number of aliphatic hydroxyl groups is 1. The van der Waals surface area contributed by atoms with Crippen molar-refractivity contribution in [2.45, 2.75) is 57.5 Å². The predicted molar refractivity (Wildman–Crippen MR) is 72.7 cm³/mol. The van der Waals surface area contributed by atoms with Gasteiger partial charge in [0, 0.05) is 13.0 Å². The van der Waals surface area contributed by atoms with Gasteiger partial charge in [0.15, 0.2) is 0 Å². The van der Waals surface area contributed by atoms with Crippen LogP contribution in [0.2, 0.25) is 0 Å². The minimum Gasteiger partial charge on any atom is -0.409 e. The third-order valence-corrected chi connectivity index (χ3v) is 3.82. The molecule has 18 heavy (non-hydrogen) atoms. The lowest BCUT2D eigenvalue weighted by molar-refractivity contribution is -0.00594. The third-order valence-electron chi connectivity index (χ3n) is 3.82. The normalized spacial score (nSPS) is 29.4. The monoisotopic (exact) mass is 257 g/mol. The second-order valence-electron chi connectivity index (χ2n) is 5.63. The fraction of sp³-hybridized carbons (Fsp3) is 0.923. The van der Waals surface area contributed by atoms with E-state index < -0.39 is 5.60 Å². The fourth-order valence-electron chi connectivity index (χ4n) is 2.40. The summed E-state index contributed by atoms with van der Waals surface area (Å²) in [6, 6.07) is 0. The van der Waals surface area contributed by atoms with Crippen molar-refractivity contribution in [3.8, 4) is 0 Å². The van der Waals surface area contributed by atoms with Crippen LogP contribution in [0.25, 0.3) is 0 Å². The summed E-state index contributed by atoms with van der Waals surface area (Å²) in [7, 11) is 0. The molecule has 0 spiro atoms. The van der Waals surface area contributed by atoms with Crippen molar-refractivity contribution in [3.63, 3.8) is 0 Å². The van der Waals surface area contributed by atoms with Gasteiger partial charge in [-0.25, -0.2) is 0 Å². The number of oxime groups is 1. The van der Waals surface area contributed by atoms with E-state index in [0.717, 1.165) is 51.0 Å². The number of hydrogen-bond acceptors (Lipinski definition) is 4. The molecule has 5 N–H and O–H groups in total. The zero-order chi connectivity index (χ0) is 13.4. The summed E-state index contributed by atoms with van der Waals surface area (Å²) in [6.45, 7) is 3.81. The number of nitrogens with zero attached hydrogens (tertiary/aromatic N) is 1. The van der Waals surface area contributed by atoms with Crippen LogP contribution in [0.1, 0.15) is 51.9 Å². The van der Waals surface area contributed by atoms with Crippen LogP contribution in [-0.2, 0) is 0 Å². The Kier molecular flexibility index (Phi) is 6.43. The molecule has 5 heteroatoms. The summed E-state index contributed by atoms with van der Waals surface area (Å²) in [6.07, 6.45) is 6.57. The van der Waals surface area contributed by atoms with Gasteiger partial charge in [-0.3, -0.25) is 0 Å². The number of nitrogens with one attached hydrogen (secondary N) is 1. The number of nitrogens with two attached hydrogens (primary N) is 1. The minimum atomic E-state index is -0.502. The maximum Gasteiger partial charge on any atom is 0.139 e. The van der Waals surface area contributed by atoms with E-state index in [1.165, 1.54) is 0 Å². The highest BCUT2D eigenvalue weighted by Gasteiger charge is 2.30. The first kappa shape index (κ1) is 15.2. The summed E-state index contributed by atoms with van der Waals surface area (Å²) in [5.41, 5.74) is 4.88. The van der Waals surface area contributed by atoms with Gasteiger partial charge in [0.05, 0.1) is 5.60 Å². The molecule has 0 aromatic heterocycles. The van der Waals surface area contributed by atoms with Crippen molar-refractivity contribution >= 4 is 5.84 Å². The Morgan fingerprint density at radius 3 is 2.67 bits per heavy atom. The second-order valence-corrected chi connectivity index (χ2v) is 5.63. The molecule has 1 saturated carbocycles. The maximum absolute atomic E-state index is 10.3. The largest absolute Gasteiger partial charge is 0.409 e. The molecule has 0 heterocycles. The van der Waals surface area contributed by atoms with E-state index in [1.54, 1.807) is 0 Å². The Bertz CT molecular complexity index is 261. The highest BCUT2D eigenvalue weighted by atomic mass is 16.4. The summed E-state index contributed by atoms with van der Waals surface area (Å²) in [5, 5.41) is 25.0. The Balaban J connectivity index is 2.04. The molecule has 0 bridgehead atoms. The van der Waals surface area contributed by atoms with Gasteiger partial charge >= 0.3 is 0 Å². The van der Waals surface area contributed by atoms with E-state index in [1.807, 2.05) is 0 Å². The Labute approximate surface area is 109 Å². The number of amidine groups is 1. The van der Waals surface area contributed by atoms with Crippen molar-refractivity contribution in [3.05, 3.63) is 0 Å². The van der Waals surface area contributed by atoms with E-state index in [2.05, 4.69) is 17.4 Å². The third kappa shape index (κ3) is 5.69. The highest BCUT2D eigenvalue weighted by Crippen LogP contribution is 2.31. The van der Waals surface area contributed by atoms with Crippen molar-refractivity contribution in [2.24, 2.45) is 16.8 Å². The average Bonchev–Trinajstić information content (AvgIpc) is 2.37. The van der Waals surface area contributed by atoms with E-state index >= 15 is 0 Å². The standard InChI is InChI=1S/C13H27N3O2/c1-11-5-7-13(17,8-6-11)10-15-9-3-2-4-12(14)16-18/h11,15,17-18H,2-10H2,1H3,(H2,14,16). The molecule has 0 saturated heterocycles. The topological polar surface area (TPSA) is 90.9 Å². The Morgan fingerprint density at radius 1 is 1.39 bits per heavy atom. The van der Waals surface area contributed by atoms with Gasteiger partial charge < -0.3 is 21.4 Å². The zero-order valence-electron chi connectivity index (χ0n) is 11.4.